The number of aliphatic carboxylic acids is 3. The van der Waals surface area contributed by atoms with E-state index < -0.39 is 36.4 Å². The Morgan fingerprint density at radius 1 is 1.05 bits per heavy atom. The lowest BCUT2D eigenvalue weighted by molar-refractivity contribution is -0.170. The molecule has 0 bridgehead atoms. The summed E-state index contributed by atoms with van der Waals surface area (Å²) < 4.78 is 12.8. The molecule has 0 aliphatic carbocycles. The normalized spacial score (nSPS) is 16.7. The molecule has 6 N–H and O–H groups in total. The predicted octanol–water partition coefficient (Wildman–Crippen LogP) is 1.79. The minimum atomic E-state index is -2.74. The highest BCUT2D eigenvalue weighted by Gasteiger charge is 2.40. The Morgan fingerprint density at radius 2 is 1.71 bits per heavy atom. The molecule has 1 aromatic carbocycles. The van der Waals surface area contributed by atoms with Crippen LogP contribution in [0.3, 0.4) is 0 Å². The molecule has 0 spiro atoms. The molecule has 1 saturated heterocycles. The van der Waals surface area contributed by atoms with E-state index in [1.54, 1.807) is 4.52 Å². The standard InChI is InChI=1S/C21H25N5O2.C6H8O7/c1-13-6-18-19(28-12-27-18)8-16(13)11-25-5-3-4-15(10-25)17-9-20(22)26-21(23-17)7-14(2)24-26;7-3(8)1-6(13,5(11)12)2-4(9)10/h6-9,15H,3-5,10-12,22H2,1-2H3;13H,1-2H2,(H,7,8)(H,9,10)(H,11,12). The van der Waals surface area contributed by atoms with Crippen molar-refractivity contribution in [3.8, 4) is 11.5 Å². The monoisotopic (exact) mass is 571 g/mol. The van der Waals surface area contributed by atoms with Crippen LogP contribution in [0, 0.1) is 13.8 Å². The zero-order valence-electron chi connectivity index (χ0n) is 22.7. The van der Waals surface area contributed by atoms with Gasteiger partial charge in [-0.2, -0.15) is 9.61 Å². The molecule has 2 aliphatic heterocycles. The SMILES string of the molecule is Cc1cc2nc(C3CCCN(Cc4cc5c(cc4C)OCO5)C3)cc(N)n2n1.O=C(O)CC(O)(CC(=O)O)C(=O)O. The van der Waals surface area contributed by atoms with Gasteiger partial charge in [0.05, 0.1) is 24.2 Å². The maximum absolute atomic E-state index is 10.3. The molecule has 14 nitrogen and oxygen atoms in total. The van der Waals surface area contributed by atoms with Crippen LogP contribution in [0.5, 0.6) is 11.5 Å². The predicted molar refractivity (Wildman–Crippen MR) is 144 cm³/mol. The second kappa shape index (κ2) is 12.0. The van der Waals surface area contributed by atoms with E-state index in [0.717, 1.165) is 61.0 Å². The fourth-order valence-corrected chi connectivity index (χ4v) is 4.99. The Hall–Kier alpha value is -4.43. The Morgan fingerprint density at radius 3 is 2.34 bits per heavy atom. The number of fused-ring (bicyclic) bond motifs is 2. The van der Waals surface area contributed by atoms with Gasteiger partial charge in [0.2, 0.25) is 6.79 Å². The highest BCUT2D eigenvalue weighted by Crippen LogP contribution is 2.36. The zero-order valence-corrected chi connectivity index (χ0v) is 22.7. The number of hydrogen-bond donors (Lipinski definition) is 5. The summed E-state index contributed by atoms with van der Waals surface area (Å²) in [5.41, 5.74) is 8.85. The van der Waals surface area contributed by atoms with Crippen LogP contribution in [0.2, 0.25) is 0 Å². The molecule has 220 valence electrons. The molecule has 5 rings (SSSR count). The van der Waals surface area contributed by atoms with E-state index in [9.17, 15) is 14.4 Å². The average molecular weight is 572 g/mol. The smallest absolute Gasteiger partial charge is 0.336 e. The second-order valence-electron chi connectivity index (χ2n) is 10.3. The maximum Gasteiger partial charge on any atom is 0.336 e. The number of rotatable bonds is 8. The largest absolute Gasteiger partial charge is 0.481 e. The van der Waals surface area contributed by atoms with Gasteiger partial charge in [0.15, 0.2) is 22.7 Å². The molecular formula is C27H33N5O9. The molecule has 1 unspecified atom stereocenters. The van der Waals surface area contributed by atoms with Crippen molar-refractivity contribution < 1.29 is 44.3 Å². The number of anilines is 1. The first-order valence-corrected chi connectivity index (χ1v) is 13.0. The van der Waals surface area contributed by atoms with Gasteiger partial charge in [0.25, 0.3) is 0 Å². The number of carboxylic acids is 3. The van der Waals surface area contributed by atoms with Gasteiger partial charge in [-0.1, -0.05) is 0 Å². The van der Waals surface area contributed by atoms with Crippen molar-refractivity contribution in [3.63, 3.8) is 0 Å². The van der Waals surface area contributed by atoms with Crippen LogP contribution in [-0.2, 0) is 20.9 Å². The summed E-state index contributed by atoms with van der Waals surface area (Å²) in [6.07, 6.45) is -0.00502. The highest BCUT2D eigenvalue weighted by atomic mass is 16.7. The third-order valence-corrected chi connectivity index (χ3v) is 7.03. The summed E-state index contributed by atoms with van der Waals surface area (Å²) in [4.78, 5) is 37.8. The van der Waals surface area contributed by atoms with Crippen molar-refractivity contribution in [2.24, 2.45) is 0 Å². The number of aryl methyl sites for hydroxylation is 2. The van der Waals surface area contributed by atoms with E-state index in [0.29, 0.717) is 18.5 Å². The molecule has 1 fully saturated rings. The molecule has 1 atom stereocenters. The number of aliphatic hydroxyl groups is 1. The number of aromatic nitrogens is 3. The Labute approximate surface area is 234 Å². The number of carboxylic acid groups (broad SMARTS) is 3. The van der Waals surface area contributed by atoms with E-state index in [1.165, 1.54) is 11.1 Å². The molecule has 4 heterocycles. The number of benzene rings is 1. The number of carbonyl (C=O) groups is 3. The van der Waals surface area contributed by atoms with Gasteiger partial charge in [0.1, 0.15) is 5.82 Å². The van der Waals surface area contributed by atoms with E-state index in [4.69, 9.17) is 40.6 Å². The quantitative estimate of drug-likeness (QED) is 0.261. The molecule has 2 aliphatic rings. The lowest BCUT2D eigenvalue weighted by Crippen LogP contribution is -2.42. The fourth-order valence-electron chi connectivity index (χ4n) is 4.99. The van der Waals surface area contributed by atoms with Crippen molar-refractivity contribution in [1.29, 1.82) is 0 Å². The number of nitrogens with two attached hydrogens (primary N) is 1. The number of piperidine rings is 1. The lowest BCUT2D eigenvalue weighted by Gasteiger charge is -2.33. The van der Waals surface area contributed by atoms with E-state index in [-0.39, 0.29) is 0 Å². The summed E-state index contributed by atoms with van der Waals surface area (Å²) in [5.74, 6) is -2.29. The van der Waals surface area contributed by atoms with Crippen LogP contribution < -0.4 is 15.2 Å². The molecular weight excluding hydrogens is 538 g/mol. The third kappa shape index (κ3) is 7.02. The van der Waals surface area contributed by atoms with Crippen molar-refractivity contribution in [2.75, 3.05) is 25.6 Å². The van der Waals surface area contributed by atoms with E-state index >= 15 is 0 Å². The molecule has 3 aromatic rings. The number of ether oxygens (including phenoxy) is 2. The molecule has 0 amide bonds. The fraction of sp³-hybridized carbons (Fsp3) is 0.444. The first-order chi connectivity index (χ1) is 19.3. The minimum absolute atomic E-state index is 0.313. The number of nitrogen functional groups attached to an aromatic ring is 1. The van der Waals surface area contributed by atoms with Crippen molar-refractivity contribution in [1.82, 2.24) is 19.5 Å². The maximum atomic E-state index is 10.3. The molecule has 0 radical (unpaired) electrons. The van der Waals surface area contributed by atoms with Gasteiger partial charge in [-0.25, -0.2) is 9.78 Å². The van der Waals surface area contributed by atoms with Gasteiger partial charge in [-0.05, 0) is 56.5 Å². The van der Waals surface area contributed by atoms with Gasteiger partial charge in [-0.3, -0.25) is 14.5 Å². The lowest BCUT2D eigenvalue weighted by atomic mass is 9.93. The number of likely N-dealkylation sites (tertiary alicyclic amines) is 1. The van der Waals surface area contributed by atoms with Crippen molar-refractivity contribution in [3.05, 3.63) is 46.8 Å². The molecule has 41 heavy (non-hydrogen) atoms. The van der Waals surface area contributed by atoms with Gasteiger partial charge >= 0.3 is 17.9 Å². The highest BCUT2D eigenvalue weighted by molar-refractivity contribution is 5.88. The number of nitrogens with zero attached hydrogens (tertiary/aromatic N) is 4. The van der Waals surface area contributed by atoms with Crippen molar-refractivity contribution in [2.45, 2.75) is 57.6 Å². The summed E-state index contributed by atoms with van der Waals surface area (Å²) >= 11 is 0. The Bertz CT molecular complexity index is 1460. The van der Waals surface area contributed by atoms with Crippen LogP contribution in [0.1, 0.15) is 54.1 Å². The zero-order chi connectivity index (χ0) is 29.9. The second-order valence-corrected chi connectivity index (χ2v) is 10.3. The summed E-state index contributed by atoms with van der Waals surface area (Å²) in [5, 5.41) is 38.2. The number of hydrogen-bond acceptors (Lipinski definition) is 10. The topological polar surface area (TPSA) is 210 Å². The Balaban J connectivity index is 0.000000254. The van der Waals surface area contributed by atoms with Gasteiger partial charge < -0.3 is 35.6 Å². The summed E-state index contributed by atoms with van der Waals surface area (Å²) in [7, 11) is 0. The first kappa shape index (κ1) is 29.6. The van der Waals surface area contributed by atoms with Crippen LogP contribution in [0.15, 0.2) is 24.3 Å². The average Bonchev–Trinajstić information content (AvgIpc) is 3.49. The van der Waals surface area contributed by atoms with Gasteiger partial charge in [0, 0.05) is 31.1 Å². The van der Waals surface area contributed by atoms with Gasteiger partial charge in [-0.15, -0.1) is 0 Å². The van der Waals surface area contributed by atoms with Crippen LogP contribution in [0.25, 0.3) is 5.65 Å². The third-order valence-electron chi connectivity index (χ3n) is 7.03. The minimum Gasteiger partial charge on any atom is -0.481 e. The molecule has 0 saturated carbocycles. The molecule has 2 aromatic heterocycles. The van der Waals surface area contributed by atoms with E-state index in [2.05, 4.69) is 29.1 Å². The first-order valence-electron chi connectivity index (χ1n) is 13.0. The van der Waals surface area contributed by atoms with Crippen LogP contribution in [0.4, 0.5) is 5.82 Å². The van der Waals surface area contributed by atoms with Crippen molar-refractivity contribution >= 4 is 29.4 Å². The van der Waals surface area contributed by atoms with E-state index in [1.807, 2.05) is 19.1 Å². The van der Waals surface area contributed by atoms with Crippen LogP contribution in [-0.4, -0.2) is 83.3 Å². The summed E-state index contributed by atoms with van der Waals surface area (Å²) in [6.45, 7) is 7.38. The van der Waals surface area contributed by atoms with Crippen LogP contribution >= 0.6 is 0 Å². The molecule has 14 heteroatoms. The Kier molecular flexibility index (Phi) is 8.63. The summed E-state index contributed by atoms with van der Waals surface area (Å²) in [6, 6.07) is 8.17.